The van der Waals surface area contributed by atoms with Crippen molar-refractivity contribution in [3.8, 4) is 0 Å². The number of amides is 1. The van der Waals surface area contributed by atoms with Gasteiger partial charge in [-0.2, -0.15) is 13.2 Å². The van der Waals surface area contributed by atoms with E-state index in [9.17, 15) is 22.8 Å². The molecule has 0 saturated carbocycles. The van der Waals surface area contributed by atoms with Gasteiger partial charge in [0, 0.05) is 15.6 Å². The van der Waals surface area contributed by atoms with Gasteiger partial charge in [-0.05, 0) is 25.1 Å². The monoisotopic (exact) mass is 329 g/mol. The van der Waals surface area contributed by atoms with Crippen molar-refractivity contribution in [1.82, 2.24) is 5.32 Å². The number of hydrogen-bond acceptors (Lipinski definition) is 2. The summed E-state index contributed by atoms with van der Waals surface area (Å²) in [5, 5.41) is 10.2. The molecule has 0 fully saturated rings. The van der Waals surface area contributed by atoms with Crippen LogP contribution in [0, 0.1) is 0 Å². The van der Waals surface area contributed by atoms with E-state index in [0.717, 1.165) is 12.1 Å². The lowest BCUT2D eigenvalue weighted by Gasteiger charge is -2.28. The first kappa shape index (κ1) is 16.6. The van der Waals surface area contributed by atoms with Gasteiger partial charge in [0.15, 0.2) is 0 Å². The zero-order valence-corrected chi connectivity index (χ0v) is 11.4. The van der Waals surface area contributed by atoms with Gasteiger partial charge in [0.25, 0.3) is 5.91 Å². The summed E-state index contributed by atoms with van der Waals surface area (Å²) >= 11 is 11.2. The molecule has 0 aliphatic heterocycles. The predicted molar refractivity (Wildman–Crippen MR) is 66.0 cm³/mol. The fourth-order valence-corrected chi connectivity index (χ4v) is 1.76. The van der Waals surface area contributed by atoms with Crippen LogP contribution >= 0.6 is 23.2 Å². The largest absolute Gasteiger partial charge is 0.479 e. The average Bonchev–Trinajstić information content (AvgIpc) is 2.25. The van der Waals surface area contributed by atoms with E-state index in [0.29, 0.717) is 6.92 Å². The Morgan fingerprint density at radius 1 is 1.15 bits per heavy atom. The van der Waals surface area contributed by atoms with Crippen LogP contribution in [0.15, 0.2) is 18.2 Å². The summed E-state index contributed by atoms with van der Waals surface area (Å²) in [6.45, 7) is 0.347. The van der Waals surface area contributed by atoms with Crippen LogP contribution in [0.1, 0.15) is 17.3 Å². The van der Waals surface area contributed by atoms with Gasteiger partial charge < -0.3 is 10.4 Å². The smallest absolute Gasteiger partial charge is 0.422 e. The summed E-state index contributed by atoms with van der Waals surface area (Å²) in [4.78, 5) is 22.5. The highest BCUT2D eigenvalue weighted by atomic mass is 35.5. The number of rotatable bonds is 3. The maximum absolute atomic E-state index is 12.7. The lowest BCUT2D eigenvalue weighted by Crippen LogP contribution is -2.61. The van der Waals surface area contributed by atoms with Crippen molar-refractivity contribution >= 4 is 35.1 Å². The van der Waals surface area contributed by atoms with Crippen LogP contribution in [0.4, 0.5) is 13.2 Å². The van der Waals surface area contributed by atoms with Gasteiger partial charge in [-0.15, -0.1) is 0 Å². The predicted octanol–water partition coefficient (Wildman–Crippen LogP) is 3.13. The molecule has 1 rings (SSSR count). The first-order chi connectivity index (χ1) is 8.97. The Kier molecular flexibility index (Phi) is 4.55. The van der Waals surface area contributed by atoms with Crippen molar-refractivity contribution in [2.75, 3.05) is 0 Å². The number of benzene rings is 1. The van der Waals surface area contributed by atoms with Crippen molar-refractivity contribution < 1.29 is 27.9 Å². The number of carboxylic acid groups (broad SMARTS) is 1. The Morgan fingerprint density at radius 3 is 1.95 bits per heavy atom. The topological polar surface area (TPSA) is 66.4 Å². The van der Waals surface area contributed by atoms with Gasteiger partial charge in [-0.1, -0.05) is 23.2 Å². The minimum atomic E-state index is -5.17. The summed E-state index contributed by atoms with van der Waals surface area (Å²) in [5.41, 5.74) is -3.70. The van der Waals surface area contributed by atoms with E-state index in [-0.39, 0.29) is 15.6 Å². The number of aliphatic carboxylic acids is 1. The SMILES string of the molecule is CC(NC(=O)c1cc(Cl)cc(Cl)c1)(C(=O)O)C(F)(F)F. The van der Waals surface area contributed by atoms with Crippen molar-refractivity contribution in [3.63, 3.8) is 0 Å². The Morgan fingerprint density at radius 2 is 1.60 bits per heavy atom. The lowest BCUT2D eigenvalue weighted by molar-refractivity contribution is -0.203. The molecule has 0 aliphatic rings. The Balaban J connectivity index is 3.13. The van der Waals surface area contributed by atoms with E-state index in [2.05, 4.69) is 0 Å². The van der Waals surface area contributed by atoms with E-state index in [4.69, 9.17) is 28.3 Å². The van der Waals surface area contributed by atoms with E-state index >= 15 is 0 Å². The normalized spacial score (nSPS) is 14.5. The molecule has 0 saturated heterocycles. The standard InChI is InChI=1S/C11H8Cl2F3NO3/c1-10(9(19)20,11(14,15)16)17-8(18)5-2-6(12)4-7(13)3-5/h2-4H,1H3,(H,17,18)(H,19,20). The molecular formula is C11H8Cl2F3NO3. The summed E-state index contributed by atoms with van der Waals surface area (Å²) in [6.07, 6.45) is -5.17. The number of halogens is 5. The van der Waals surface area contributed by atoms with Crippen LogP contribution in [-0.2, 0) is 4.79 Å². The second-order valence-electron chi connectivity index (χ2n) is 4.04. The lowest BCUT2D eigenvalue weighted by atomic mass is 10.0. The highest BCUT2D eigenvalue weighted by Crippen LogP contribution is 2.31. The van der Waals surface area contributed by atoms with Gasteiger partial charge >= 0.3 is 12.1 Å². The van der Waals surface area contributed by atoms with Gasteiger partial charge in [-0.3, -0.25) is 4.79 Å². The van der Waals surface area contributed by atoms with Crippen molar-refractivity contribution in [1.29, 1.82) is 0 Å². The third-order valence-electron chi connectivity index (χ3n) is 2.48. The van der Waals surface area contributed by atoms with Gasteiger partial charge in [0.05, 0.1) is 0 Å². The highest BCUT2D eigenvalue weighted by molar-refractivity contribution is 6.35. The van der Waals surface area contributed by atoms with Gasteiger partial charge in [0.1, 0.15) is 0 Å². The summed E-state index contributed by atoms with van der Waals surface area (Å²) in [5.74, 6) is -3.48. The van der Waals surface area contributed by atoms with Crippen LogP contribution < -0.4 is 5.32 Å². The minimum Gasteiger partial charge on any atom is -0.479 e. The molecule has 0 aliphatic carbocycles. The molecule has 110 valence electrons. The molecule has 2 N–H and O–H groups in total. The molecule has 0 heterocycles. The Hall–Kier alpha value is -1.47. The number of carbonyl (C=O) groups is 2. The molecule has 9 heteroatoms. The minimum absolute atomic E-state index is 0.0340. The maximum atomic E-state index is 12.7. The fourth-order valence-electron chi connectivity index (χ4n) is 1.23. The molecule has 1 aromatic carbocycles. The van der Waals surface area contributed by atoms with Crippen LogP contribution in [0.5, 0.6) is 0 Å². The van der Waals surface area contributed by atoms with E-state index in [1.165, 1.54) is 11.4 Å². The zero-order valence-electron chi connectivity index (χ0n) is 9.89. The van der Waals surface area contributed by atoms with E-state index < -0.39 is 23.6 Å². The van der Waals surface area contributed by atoms with Crippen molar-refractivity contribution in [2.45, 2.75) is 18.6 Å². The summed E-state index contributed by atoms with van der Waals surface area (Å²) < 4.78 is 38.2. The maximum Gasteiger partial charge on any atom is 0.422 e. The first-order valence-corrected chi connectivity index (χ1v) is 5.81. The molecule has 1 amide bonds. The Labute approximate surface area is 121 Å². The van der Waals surface area contributed by atoms with Crippen molar-refractivity contribution in [3.05, 3.63) is 33.8 Å². The number of hydrogen-bond donors (Lipinski definition) is 2. The van der Waals surface area contributed by atoms with Crippen molar-refractivity contribution in [2.24, 2.45) is 0 Å². The first-order valence-electron chi connectivity index (χ1n) is 5.06. The third-order valence-corrected chi connectivity index (χ3v) is 2.92. The number of carbonyl (C=O) groups excluding carboxylic acids is 1. The molecule has 0 aromatic heterocycles. The second-order valence-corrected chi connectivity index (χ2v) is 4.91. The molecule has 0 bridgehead atoms. The molecule has 20 heavy (non-hydrogen) atoms. The highest BCUT2D eigenvalue weighted by Gasteiger charge is 2.58. The number of alkyl halides is 3. The summed E-state index contributed by atoms with van der Waals surface area (Å²) in [7, 11) is 0. The molecular weight excluding hydrogens is 322 g/mol. The van der Waals surface area contributed by atoms with Crippen LogP contribution in [0.25, 0.3) is 0 Å². The molecule has 4 nitrogen and oxygen atoms in total. The van der Waals surface area contributed by atoms with Crippen LogP contribution in [0.3, 0.4) is 0 Å². The zero-order chi connectivity index (χ0) is 15.7. The van der Waals surface area contributed by atoms with Gasteiger partial charge in [-0.25, -0.2) is 4.79 Å². The molecule has 0 radical (unpaired) electrons. The molecule has 1 atom stereocenters. The average molecular weight is 330 g/mol. The molecule has 0 spiro atoms. The van der Waals surface area contributed by atoms with Crippen LogP contribution in [-0.4, -0.2) is 28.7 Å². The number of carboxylic acids is 1. The fraction of sp³-hybridized carbons (Fsp3) is 0.273. The van der Waals surface area contributed by atoms with Gasteiger partial charge in [0.2, 0.25) is 5.54 Å². The Bertz CT molecular complexity index is 542. The summed E-state index contributed by atoms with van der Waals surface area (Å²) in [6, 6.07) is 3.42. The van der Waals surface area contributed by atoms with E-state index in [1.54, 1.807) is 0 Å². The van der Waals surface area contributed by atoms with Crippen LogP contribution in [0.2, 0.25) is 10.0 Å². The van der Waals surface area contributed by atoms with E-state index in [1.807, 2.05) is 0 Å². The quantitative estimate of drug-likeness (QED) is 0.895. The molecule has 1 unspecified atom stereocenters. The second kappa shape index (κ2) is 5.49. The number of nitrogens with one attached hydrogen (secondary N) is 1. The third kappa shape index (κ3) is 3.34. The molecule has 1 aromatic rings.